The van der Waals surface area contributed by atoms with E-state index in [1.54, 1.807) is 0 Å². The van der Waals surface area contributed by atoms with Crippen LogP contribution in [0.1, 0.15) is 5.56 Å². The number of hydrogen-bond acceptors (Lipinski definition) is 4. The van der Waals surface area contributed by atoms with Crippen LogP contribution in [0.3, 0.4) is 0 Å². The number of likely N-dealkylation sites (N-methyl/N-ethyl adjacent to an activating group) is 1. The maximum absolute atomic E-state index is 5.05. The van der Waals surface area contributed by atoms with E-state index < -0.39 is 0 Å². The second kappa shape index (κ2) is 6.13. The van der Waals surface area contributed by atoms with Crippen molar-refractivity contribution in [1.82, 2.24) is 9.80 Å². The molecule has 118 valence electrons. The molecule has 0 saturated carbocycles. The van der Waals surface area contributed by atoms with E-state index in [1.165, 1.54) is 9.13 Å². The Labute approximate surface area is 150 Å². The summed E-state index contributed by atoms with van der Waals surface area (Å²) in [4.78, 5) is 9.83. The van der Waals surface area contributed by atoms with Crippen molar-refractivity contribution in [3.63, 3.8) is 0 Å². The predicted molar refractivity (Wildman–Crippen MR) is 104 cm³/mol. The lowest BCUT2D eigenvalue weighted by atomic mass is 10.1. The first-order chi connectivity index (χ1) is 11.2. The van der Waals surface area contributed by atoms with Crippen LogP contribution in [0.15, 0.2) is 47.5 Å². The lowest BCUT2D eigenvalue weighted by molar-refractivity contribution is 0.216. The second-order valence-corrected chi connectivity index (χ2v) is 7.30. The van der Waals surface area contributed by atoms with E-state index in [-0.39, 0.29) is 0 Å². The molecule has 4 rings (SSSR count). The van der Waals surface area contributed by atoms with Gasteiger partial charge in [-0.3, -0.25) is 0 Å². The first-order valence-electron chi connectivity index (χ1n) is 7.89. The van der Waals surface area contributed by atoms with Crippen molar-refractivity contribution < 1.29 is 0 Å². The topological polar surface area (TPSA) is 30.9 Å². The Hall–Kier alpha value is -1.60. The van der Waals surface area contributed by atoms with Crippen LogP contribution in [0.2, 0.25) is 0 Å². The maximum atomic E-state index is 5.05. The number of benzene rings is 2. The highest BCUT2D eigenvalue weighted by Crippen LogP contribution is 2.35. The summed E-state index contributed by atoms with van der Waals surface area (Å²) in [7, 11) is 2.18. The molecule has 2 heterocycles. The van der Waals surface area contributed by atoms with Gasteiger partial charge in [-0.15, -0.1) is 0 Å². The van der Waals surface area contributed by atoms with Gasteiger partial charge in [-0.1, -0.05) is 12.1 Å². The van der Waals surface area contributed by atoms with Gasteiger partial charge in [-0.25, -0.2) is 4.99 Å². The van der Waals surface area contributed by atoms with Crippen LogP contribution in [-0.2, 0) is 0 Å². The summed E-state index contributed by atoms with van der Waals surface area (Å²) in [6.07, 6.45) is 0. The average molecular weight is 414 g/mol. The summed E-state index contributed by atoms with van der Waals surface area (Å²) in [5, 5.41) is 3.55. The van der Waals surface area contributed by atoms with Crippen LogP contribution in [0.5, 0.6) is 0 Å². The molecular weight excluding hydrogens is 395 g/mol. The molecular formula is C18H19IN4. The molecule has 0 spiro atoms. The third-order valence-corrected chi connectivity index (χ3v) is 5.10. The van der Waals surface area contributed by atoms with Gasteiger partial charge in [-0.2, -0.15) is 0 Å². The zero-order chi connectivity index (χ0) is 15.8. The molecule has 2 aliphatic rings. The molecule has 5 heteroatoms. The quantitative estimate of drug-likeness (QED) is 0.668. The van der Waals surface area contributed by atoms with E-state index in [0.29, 0.717) is 0 Å². The normalized spacial score (nSPS) is 17.7. The van der Waals surface area contributed by atoms with E-state index in [0.717, 1.165) is 49.1 Å². The van der Waals surface area contributed by atoms with E-state index >= 15 is 0 Å². The van der Waals surface area contributed by atoms with Crippen molar-refractivity contribution >= 4 is 45.5 Å². The molecule has 1 N–H and O–H groups in total. The monoisotopic (exact) mass is 414 g/mol. The number of anilines is 2. The van der Waals surface area contributed by atoms with Crippen molar-refractivity contribution in [2.75, 3.05) is 38.5 Å². The Kier molecular flexibility index (Phi) is 3.98. The van der Waals surface area contributed by atoms with Gasteiger partial charge < -0.3 is 15.1 Å². The van der Waals surface area contributed by atoms with Crippen LogP contribution < -0.4 is 5.32 Å². The number of para-hydroxylation sites is 1. The third kappa shape index (κ3) is 2.95. The second-order valence-electron chi connectivity index (χ2n) is 6.06. The lowest BCUT2D eigenvalue weighted by Gasteiger charge is -2.34. The molecule has 2 aromatic carbocycles. The smallest absolute Gasteiger partial charge is 0.138 e. The summed E-state index contributed by atoms with van der Waals surface area (Å²) in [6.45, 7) is 4.19. The molecule has 1 saturated heterocycles. The number of fused-ring (bicyclic) bond motifs is 2. The fraction of sp³-hybridized carbons (Fsp3) is 0.278. The Morgan fingerprint density at radius 3 is 2.61 bits per heavy atom. The van der Waals surface area contributed by atoms with Crippen molar-refractivity contribution in [1.29, 1.82) is 0 Å². The number of piperazine rings is 1. The average Bonchev–Trinajstić information content (AvgIpc) is 2.72. The number of halogens is 1. The molecule has 0 bridgehead atoms. The molecule has 0 atom stereocenters. The molecule has 0 radical (unpaired) electrons. The molecule has 23 heavy (non-hydrogen) atoms. The van der Waals surface area contributed by atoms with E-state index in [2.05, 4.69) is 87.2 Å². The van der Waals surface area contributed by atoms with Crippen molar-refractivity contribution in [3.05, 3.63) is 51.6 Å². The number of rotatable bonds is 0. The lowest BCUT2D eigenvalue weighted by Crippen LogP contribution is -2.47. The molecule has 2 aromatic rings. The van der Waals surface area contributed by atoms with Crippen LogP contribution in [-0.4, -0.2) is 48.9 Å². The Morgan fingerprint density at radius 2 is 1.78 bits per heavy atom. The van der Waals surface area contributed by atoms with E-state index in [1.807, 2.05) is 0 Å². The Morgan fingerprint density at radius 1 is 1.00 bits per heavy atom. The first-order valence-corrected chi connectivity index (χ1v) is 8.97. The van der Waals surface area contributed by atoms with Gasteiger partial charge in [0.25, 0.3) is 0 Å². The molecule has 0 aromatic heterocycles. The molecule has 4 nitrogen and oxygen atoms in total. The maximum Gasteiger partial charge on any atom is 0.138 e. The largest absolute Gasteiger partial charge is 0.353 e. The highest BCUT2D eigenvalue weighted by molar-refractivity contribution is 14.1. The molecule has 2 aliphatic heterocycles. The van der Waals surface area contributed by atoms with Gasteiger partial charge in [0, 0.05) is 41.0 Å². The molecule has 0 unspecified atom stereocenters. The SMILES string of the molecule is CN1CCN(C2=Nc3cc([123I])ccc3Nc3ccccc32)CC1. The van der Waals surface area contributed by atoms with E-state index in [4.69, 9.17) is 4.99 Å². The Bertz CT molecular complexity index is 763. The Balaban J connectivity index is 1.83. The van der Waals surface area contributed by atoms with Gasteiger partial charge in [0.2, 0.25) is 0 Å². The minimum Gasteiger partial charge on any atom is -0.353 e. The molecule has 0 aliphatic carbocycles. The first kappa shape index (κ1) is 15.0. The number of nitrogens with one attached hydrogen (secondary N) is 1. The summed E-state index contributed by atoms with van der Waals surface area (Å²) in [5.41, 5.74) is 4.40. The van der Waals surface area contributed by atoms with Crippen molar-refractivity contribution in [2.24, 2.45) is 4.99 Å². The summed E-state index contributed by atoms with van der Waals surface area (Å²) >= 11 is 2.35. The standard InChI is InChI=1S/C18H19IN4/c1-22-8-10-23(11-9-22)18-14-4-2-3-5-15(14)20-16-7-6-13(19)12-17(16)21-18/h2-7,12,20H,8-11H2,1H3/i19-4. The van der Waals surface area contributed by atoms with Crippen LogP contribution >= 0.6 is 22.6 Å². The van der Waals surface area contributed by atoms with Gasteiger partial charge in [0.05, 0.1) is 11.4 Å². The minimum atomic E-state index is 1.02. The van der Waals surface area contributed by atoms with Crippen molar-refractivity contribution in [2.45, 2.75) is 0 Å². The molecule has 0 amide bonds. The third-order valence-electron chi connectivity index (χ3n) is 4.43. The van der Waals surface area contributed by atoms with Crippen LogP contribution in [0, 0.1) is 3.57 Å². The highest BCUT2D eigenvalue weighted by atomic mass is 123. The number of hydrogen-bond donors (Lipinski definition) is 1. The van der Waals surface area contributed by atoms with Gasteiger partial charge in [0.15, 0.2) is 0 Å². The van der Waals surface area contributed by atoms with E-state index in [9.17, 15) is 0 Å². The minimum absolute atomic E-state index is 1.02. The van der Waals surface area contributed by atoms with Gasteiger partial charge in [0.1, 0.15) is 5.84 Å². The zero-order valence-corrected chi connectivity index (χ0v) is 15.2. The summed E-state index contributed by atoms with van der Waals surface area (Å²) < 4.78 is 1.20. The van der Waals surface area contributed by atoms with Gasteiger partial charge in [-0.05, 0) is 60.0 Å². The highest BCUT2D eigenvalue weighted by Gasteiger charge is 2.23. The zero-order valence-electron chi connectivity index (χ0n) is 13.1. The predicted octanol–water partition coefficient (Wildman–Crippen LogP) is 3.67. The number of amidine groups is 1. The number of nitrogens with zero attached hydrogens (tertiary/aromatic N) is 3. The van der Waals surface area contributed by atoms with Crippen LogP contribution in [0.4, 0.5) is 17.1 Å². The number of aliphatic imine (C=N–C) groups is 1. The van der Waals surface area contributed by atoms with Crippen LogP contribution in [0.25, 0.3) is 0 Å². The van der Waals surface area contributed by atoms with Crippen molar-refractivity contribution in [3.8, 4) is 0 Å². The fourth-order valence-electron chi connectivity index (χ4n) is 3.07. The molecule has 1 fully saturated rings. The summed E-state index contributed by atoms with van der Waals surface area (Å²) in [5.74, 6) is 1.09. The fourth-order valence-corrected chi connectivity index (χ4v) is 3.54. The van der Waals surface area contributed by atoms with Gasteiger partial charge >= 0.3 is 0 Å². The summed E-state index contributed by atoms with van der Waals surface area (Å²) in [6, 6.07) is 14.8.